The van der Waals surface area contributed by atoms with Crippen LogP contribution in [0.1, 0.15) is 11.1 Å². The Hall–Kier alpha value is -1.76. The summed E-state index contributed by atoms with van der Waals surface area (Å²) in [5.74, 6) is 1.87. The Morgan fingerprint density at radius 3 is 2.57 bits per heavy atom. The maximum atomic E-state index is 5.97. The van der Waals surface area contributed by atoms with Crippen LogP contribution in [0.25, 0.3) is 0 Å². The van der Waals surface area contributed by atoms with Crippen molar-refractivity contribution in [2.24, 2.45) is 4.99 Å². The fraction of sp³-hybridized carbons (Fsp3) is 0.278. The summed E-state index contributed by atoms with van der Waals surface area (Å²) >= 11 is 0. The molecular formula is C18H22IN3O. The van der Waals surface area contributed by atoms with Crippen molar-refractivity contribution < 1.29 is 4.74 Å². The van der Waals surface area contributed by atoms with Gasteiger partial charge in [-0.2, -0.15) is 0 Å². The van der Waals surface area contributed by atoms with Crippen LogP contribution < -0.4 is 10.1 Å². The molecule has 0 spiro atoms. The number of benzene rings is 2. The van der Waals surface area contributed by atoms with Gasteiger partial charge >= 0.3 is 0 Å². The summed E-state index contributed by atoms with van der Waals surface area (Å²) < 4.78 is 5.97. The summed E-state index contributed by atoms with van der Waals surface area (Å²) in [4.78, 5) is 6.58. The molecule has 2 aromatic carbocycles. The molecule has 1 heterocycles. The quantitative estimate of drug-likeness (QED) is 0.751. The average Bonchev–Trinajstić information content (AvgIpc) is 2.98. The summed E-state index contributed by atoms with van der Waals surface area (Å²) in [5.41, 5.74) is 2.31. The second kappa shape index (κ2) is 8.76. The Morgan fingerprint density at radius 2 is 1.83 bits per heavy atom. The molecule has 2 aromatic rings. The number of hydrogen-bond acceptors (Lipinski definition) is 4. The van der Waals surface area contributed by atoms with Crippen LogP contribution in [0, 0.1) is 0 Å². The number of ether oxygens (including phenoxy) is 1. The molecule has 0 saturated heterocycles. The summed E-state index contributed by atoms with van der Waals surface area (Å²) in [7, 11) is 2.05. The molecule has 1 aliphatic heterocycles. The van der Waals surface area contributed by atoms with Crippen molar-refractivity contribution in [3.05, 3.63) is 65.7 Å². The van der Waals surface area contributed by atoms with Gasteiger partial charge in [-0.25, -0.2) is 0 Å². The Morgan fingerprint density at radius 1 is 1.09 bits per heavy atom. The van der Waals surface area contributed by atoms with Crippen molar-refractivity contribution in [3.63, 3.8) is 0 Å². The van der Waals surface area contributed by atoms with E-state index in [0.29, 0.717) is 13.2 Å². The number of rotatable bonds is 5. The van der Waals surface area contributed by atoms with E-state index < -0.39 is 0 Å². The lowest BCUT2D eigenvalue weighted by atomic mass is 10.2. The monoisotopic (exact) mass is 423 g/mol. The van der Waals surface area contributed by atoms with E-state index in [-0.39, 0.29) is 24.0 Å². The molecule has 0 fully saturated rings. The Balaban J connectivity index is 0.00000192. The molecule has 23 heavy (non-hydrogen) atoms. The van der Waals surface area contributed by atoms with E-state index in [2.05, 4.69) is 40.5 Å². The van der Waals surface area contributed by atoms with Gasteiger partial charge in [-0.3, -0.25) is 4.99 Å². The number of likely N-dealkylation sites (N-methyl/N-ethyl adjacent to an activating group) is 1. The molecule has 0 saturated carbocycles. The first-order valence-corrected chi connectivity index (χ1v) is 7.57. The number of aliphatic imine (C=N–C) groups is 1. The van der Waals surface area contributed by atoms with Gasteiger partial charge in [0.1, 0.15) is 12.4 Å². The van der Waals surface area contributed by atoms with E-state index in [4.69, 9.17) is 4.74 Å². The minimum absolute atomic E-state index is 0. The van der Waals surface area contributed by atoms with Crippen LogP contribution in [0.3, 0.4) is 0 Å². The Kier molecular flexibility index (Phi) is 6.70. The standard InChI is InChI=1S/C18H21N3O.HI/c1-21-12-11-19-18(21)20-13-16-9-5-6-10-17(16)22-14-15-7-3-2-4-8-15;/h2-10H,11-14H2,1H3,(H,19,20);1H. The zero-order chi connectivity index (χ0) is 15.2. The first kappa shape index (κ1) is 17.6. The number of hydrogen-bond donors (Lipinski definition) is 1. The summed E-state index contributed by atoms with van der Waals surface area (Å²) in [5, 5.41) is 3.38. The van der Waals surface area contributed by atoms with Gasteiger partial charge in [-0.05, 0) is 11.6 Å². The fourth-order valence-electron chi connectivity index (χ4n) is 2.42. The molecule has 0 bridgehead atoms. The van der Waals surface area contributed by atoms with Gasteiger partial charge in [0, 0.05) is 25.7 Å². The van der Waals surface area contributed by atoms with Gasteiger partial charge in [0.15, 0.2) is 5.96 Å². The molecule has 1 N–H and O–H groups in total. The molecule has 0 amide bonds. The maximum Gasteiger partial charge on any atom is 0.194 e. The van der Waals surface area contributed by atoms with Crippen LogP contribution in [0.5, 0.6) is 5.75 Å². The number of nitrogens with one attached hydrogen (secondary N) is 1. The summed E-state index contributed by atoms with van der Waals surface area (Å²) in [6.07, 6.45) is 0. The van der Waals surface area contributed by atoms with Crippen molar-refractivity contribution in [1.29, 1.82) is 0 Å². The predicted octanol–water partition coefficient (Wildman–Crippen LogP) is 3.27. The normalized spacial score (nSPS) is 13.3. The first-order chi connectivity index (χ1) is 10.8. The van der Waals surface area contributed by atoms with E-state index in [0.717, 1.165) is 30.4 Å². The topological polar surface area (TPSA) is 36.9 Å². The highest BCUT2D eigenvalue weighted by atomic mass is 127. The molecule has 0 radical (unpaired) electrons. The zero-order valence-electron chi connectivity index (χ0n) is 13.2. The molecule has 3 rings (SSSR count). The largest absolute Gasteiger partial charge is 0.489 e. The number of halogens is 1. The van der Waals surface area contributed by atoms with Crippen molar-refractivity contribution in [2.45, 2.75) is 13.2 Å². The predicted molar refractivity (Wildman–Crippen MR) is 104 cm³/mol. The van der Waals surface area contributed by atoms with Crippen molar-refractivity contribution >= 4 is 29.9 Å². The van der Waals surface area contributed by atoms with Gasteiger partial charge in [0.25, 0.3) is 0 Å². The second-order valence-electron chi connectivity index (χ2n) is 5.36. The third kappa shape index (κ3) is 4.86. The van der Waals surface area contributed by atoms with Gasteiger partial charge in [0.2, 0.25) is 0 Å². The van der Waals surface area contributed by atoms with E-state index in [9.17, 15) is 0 Å². The minimum atomic E-state index is 0. The molecule has 0 atom stereocenters. The summed E-state index contributed by atoms with van der Waals surface area (Å²) in [6.45, 7) is 3.15. The smallest absolute Gasteiger partial charge is 0.194 e. The zero-order valence-corrected chi connectivity index (χ0v) is 15.6. The van der Waals surface area contributed by atoms with E-state index in [1.54, 1.807) is 0 Å². The van der Waals surface area contributed by atoms with Gasteiger partial charge in [-0.1, -0.05) is 48.5 Å². The van der Waals surface area contributed by atoms with Gasteiger partial charge in [-0.15, -0.1) is 24.0 Å². The van der Waals surface area contributed by atoms with Crippen LogP contribution in [0.15, 0.2) is 59.6 Å². The lowest BCUT2D eigenvalue weighted by Gasteiger charge is -2.17. The Labute approximate surface area is 154 Å². The van der Waals surface area contributed by atoms with Crippen molar-refractivity contribution in [2.75, 3.05) is 20.1 Å². The van der Waals surface area contributed by atoms with Crippen LogP contribution in [-0.2, 0) is 13.2 Å². The third-order valence-electron chi connectivity index (χ3n) is 3.71. The van der Waals surface area contributed by atoms with E-state index >= 15 is 0 Å². The highest BCUT2D eigenvalue weighted by molar-refractivity contribution is 14.0. The van der Waals surface area contributed by atoms with E-state index in [1.807, 2.05) is 36.4 Å². The maximum absolute atomic E-state index is 5.97. The van der Waals surface area contributed by atoms with E-state index in [1.165, 1.54) is 5.56 Å². The summed E-state index contributed by atoms with van der Waals surface area (Å²) in [6, 6.07) is 18.4. The molecule has 0 aliphatic carbocycles. The molecule has 5 heteroatoms. The Bertz CT molecular complexity index is 646. The molecule has 1 aliphatic rings. The van der Waals surface area contributed by atoms with Gasteiger partial charge < -0.3 is 15.0 Å². The van der Waals surface area contributed by atoms with Crippen LogP contribution in [0.2, 0.25) is 0 Å². The minimum Gasteiger partial charge on any atom is -0.489 e. The SMILES string of the molecule is CN1CCN=C1NCc1ccccc1OCc1ccccc1.I. The third-order valence-corrected chi connectivity index (χ3v) is 3.71. The molecule has 0 aromatic heterocycles. The number of para-hydroxylation sites is 1. The fourth-order valence-corrected chi connectivity index (χ4v) is 2.42. The highest BCUT2D eigenvalue weighted by Crippen LogP contribution is 2.19. The average molecular weight is 423 g/mol. The lowest BCUT2D eigenvalue weighted by molar-refractivity contribution is 0.302. The molecular weight excluding hydrogens is 401 g/mol. The highest BCUT2D eigenvalue weighted by Gasteiger charge is 2.12. The van der Waals surface area contributed by atoms with Crippen molar-refractivity contribution in [3.8, 4) is 5.75 Å². The lowest BCUT2D eigenvalue weighted by Crippen LogP contribution is -2.35. The first-order valence-electron chi connectivity index (χ1n) is 7.57. The molecule has 4 nitrogen and oxygen atoms in total. The van der Waals surface area contributed by atoms with Crippen LogP contribution in [-0.4, -0.2) is 31.0 Å². The number of guanidine groups is 1. The molecule has 0 unspecified atom stereocenters. The van der Waals surface area contributed by atoms with Crippen LogP contribution >= 0.6 is 24.0 Å². The van der Waals surface area contributed by atoms with Crippen LogP contribution in [0.4, 0.5) is 0 Å². The van der Waals surface area contributed by atoms with Crippen molar-refractivity contribution in [1.82, 2.24) is 10.2 Å². The van der Waals surface area contributed by atoms with Gasteiger partial charge in [0.05, 0.1) is 6.54 Å². The second-order valence-corrected chi connectivity index (χ2v) is 5.36. The molecule has 122 valence electrons. The number of nitrogens with zero attached hydrogens (tertiary/aromatic N) is 2.